The number of hydrogen-bond acceptors (Lipinski definition) is 4. The van der Waals surface area contributed by atoms with Gasteiger partial charge in [-0.25, -0.2) is 8.42 Å². The van der Waals surface area contributed by atoms with E-state index in [1.54, 1.807) is 42.5 Å². The Hall–Kier alpha value is -2.00. The highest BCUT2D eigenvalue weighted by atomic mass is 35.5. The number of rotatable bonds is 13. The summed E-state index contributed by atoms with van der Waals surface area (Å²) in [5, 5.41) is 4.06. The third-order valence-electron chi connectivity index (χ3n) is 5.57. The van der Waals surface area contributed by atoms with Crippen molar-refractivity contribution in [2.75, 3.05) is 23.7 Å². The van der Waals surface area contributed by atoms with Gasteiger partial charge in [-0.15, -0.1) is 0 Å². The molecule has 0 aliphatic carbocycles. The Morgan fingerprint density at radius 2 is 1.67 bits per heavy atom. The van der Waals surface area contributed by atoms with Crippen LogP contribution in [0.15, 0.2) is 42.5 Å². The van der Waals surface area contributed by atoms with E-state index in [4.69, 9.17) is 34.8 Å². The van der Waals surface area contributed by atoms with E-state index in [0.29, 0.717) is 39.3 Å². The molecule has 0 bridgehead atoms. The topological polar surface area (TPSA) is 86.8 Å². The monoisotopic (exact) mass is 575 g/mol. The van der Waals surface area contributed by atoms with Gasteiger partial charge in [0.25, 0.3) is 0 Å². The summed E-state index contributed by atoms with van der Waals surface area (Å²) in [6.07, 6.45) is 2.51. The van der Waals surface area contributed by atoms with Crippen LogP contribution >= 0.6 is 34.8 Å². The molecule has 0 aliphatic rings. The summed E-state index contributed by atoms with van der Waals surface area (Å²) >= 11 is 18.8. The normalized spacial score (nSPS) is 12.2. The van der Waals surface area contributed by atoms with Crippen LogP contribution in [0.5, 0.6) is 0 Å². The third-order valence-corrected chi connectivity index (χ3v) is 7.71. The fourth-order valence-corrected chi connectivity index (χ4v) is 5.43. The van der Waals surface area contributed by atoms with Crippen molar-refractivity contribution >= 4 is 62.3 Å². The molecule has 0 aromatic heterocycles. The average Bonchev–Trinajstić information content (AvgIpc) is 2.81. The van der Waals surface area contributed by atoms with Crippen molar-refractivity contribution in [3.63, 3.8) is 0 Å². The molecular weight excluding hydrogens is 545 g/mol. The molecule has 0 spiro atoms. The van der Waals surface area contributed by atoms with Gasteiger partial charge in [0.05, 0.1) is 11.9 Å². The van der Waals surface area contributed by atoms with Gasteiger partial charge in [-0.1, -0.05) is 60.8 Å². The van der Waals surface area contributed by atoms with E-state index >= 15 is 0 Å². The minimum atomic E-state index is -3.61. The van der Waals surface area contributed by atoms with Crippen molar-refractivity contribution in [2.45, 2.75) is 52.1 Å². The van der Waals surface area contributed by atoms with Crippen molar-refractivity contribution in [3.05, 3.63) is 63.1 Å². The van der Waals surface area contributed by atoms with Crippen molar-refractivity contribution in [2.24, 2.45) is 0 Å². The summed E-state index contributed by atoms with van der Waals surface area (Å²) in [4.78, 5) is 27.8. The molecule has 7 nitrogen and oxygen atoms in total. The average molecular weight is 577 g/mol. The zero-order valence-corrected chi connectivity index (χ0v) is 23.7. The second-order valence-corrected chi connectivity index (χ2v) is 11.5. The second kappa shape index (κ2) is 14.1. The Labute approximate surface area is 228 Å². The number of carbonyl (C=O) groups excluding carboxylic acids is 2. The smallest absolute Gasteiger partial charge is 0.242 e. The lowest BCUT2D eigenvalue weighted by atomic mass is 10.1. The fraction of sp³-hybridized carbons (Fsp3) is 0.440. The summed E-state index contributed by atoms with van der Waals surface area (Å²) in [7, 11) is -3.61. The second-order valence-electron chi connectivity index (χ2n) is 8.36. The van der Waals surface area contributed by atoms with Crippen molar-refractivity contribution in [1.82, 2.24) is 10.2 Å². The van der Waals surface area contributed by atoms with E-state index in [-0.39, 0.29) is 37.7 Å². The van der Waals surface area contributed by atoms with Crippen LogP contribution in [-0.4, -0.2) is 50.5 Å². The Bertz CT molecular complexity index is 1140. The Kier molecular flexibility index (Phi) is 11.8. The van der Waals surface area contributed by atoms with Gasteiger partial charge in [0, 0.05) is 46.7 Å². The molecule has 1 unspecified atom stereocenters. The molecule has 0 fully saturated rings. The molecular formula is C25H32Cl3N3O4S. The number of benzene rings is 2. The van der Waals surface area contributed by atoms with Crippen LogP contribution in [0.1, 0.15) is 45.1 Å². The van der Waals surface area contributed by atoms with Crippen LogP contribution in [0.4, 0.5) is 5.69 Å². The zero-order valence-electron chi connectivity index (χ0n) is 20.6. The van der Waals surface area contributed by atoms with E-state index in [2.05, 4.69) is 5.32 Å². The van der Waals surface area contributed by atoms with E-state index in [1.807, 2.05) is 13.8 Å². The van der Waals surface area contributed by atoms with Gasteiger partial charge in [-0.3, -0.25) is 13.9 Å². The summed E-state index contributed by atoms with van der Waals surface area (Å²) in [6, 6.07) is 10.9. The van der Waals surface area contributed by atoms with Gasteiger partial charge < -0.3 is 10.2 Å². The molecule has 1 atom stereocenters. The zero-order chi connectivity index (χ0) is 26.9. The maximum absolute atomic E-state index is 13.4. The molecule has 0 saturated carbocycles. The molecule has 2 rings (SSSR count). The number of sulfonamides is 1. The van der Waals surface area contributed by atoms with Crippen LogP contribution in [0.2, 0.25) is 15.1 Å². The van der Waals surface area contributed by atoms with Gasteiger partial charge in [0.2, 0.25) is 21.8 Å². The molecule has 2 aromatic carbocycles. The molecule has 0 saturated heterocycles. The molecule has 2 aromatic rings. The van der Waals surface area contributed by atoms with Gasteiger partial charge in [0.1, 0.15) is 6.04 Å². The van der Waals surface area contributed by atoms with Gasteiger partial charge in [0.15, 0.2) is 0 Å². The van der Waals surface area contributed by atoms with Crippen LogP contribution < -0.4 is 9.62 Å². The Morgan fingerprint density at radius 1 is 1.03 bits per heavy atom. The minimum Gasteiger partial charge on any atom is -0.354 e. The van der Waals surface area contributed by atoms with E-state index in [1.165, 1.54) is 9.21 Å². The lowest BCUT2D eigenvalue weighted by Crippen LogP contribution is -2.49. The highest BCUT2D eigenvalue weighted by Gasteiger charge is 2.29. The first-order valence-corrected chi connectivity index (χ1v) is 14.7. The van der Waals surface area contributed by atoms with E-state index < -0.39 is 16.1 Å². The highest BCUT2D eigenvalue weighted by Crippen LogP contribution is 2.28. The first-order valence-electron chi connectivity index (χ1n) is 11.7. The third kappa shape index (κ3) is 8.54. The standard InChI is InChI=1S/C25H32Cl3N3O4S/c1-4-14-29-25(33)23(5-2)30(17-20-21(27)11-7-12-22(20)28)24(32)13-8-15-31(36(3,34)35)19-10-6-9-18(26)16-19/h6-7,9-12,16,23H,4-5,8,13-15,17H2,1-3H3,(H,29,33). The largest absolute Gasteiger partial charge is 0.354 e. The first kappa shape index (κ1) is 30.2. The SMILES string of the molecule is CCCNC(=O)C(CC)N(Cc1c(Cl)cccc1Cl)C(=O)CCCN(c1cccc(Cl)c1)S(C)(=O)=O. The van der Waals surface area contributed by atoms with Crippen LogP contribution in [-0.2, 0) is 26.2 Å². The number of carbonyl (C=O) groups is 2. The molecule has 0 aliphatic heterocycles. The predicted molar refractivity (Wildman–Crippen MR) is 147 cm³/mol. The Morgan fingerprint density at radius 3 is 2.22 bits per heavy atom. The first-order chi connectivity index (χ1) is 17.0. The lowest BCUT2D eigenvalue weighted by Gasteiger charge is -2.31. The van der Waals surface area contributed by atoms with Gasteiger partial charge in [-0.2, -0.15) is 0 Å². The predicted octanol–water partition coefficient (Wildman–Crippen LogP) is 5.53. The molecule has 11 heteroatoms. The summed E-state index contributed by atoms with van der Waals surface area (Å²) in [6.45, 7) is 4.40. The number of halogens is 3. The van der Waals surface area contributed by atoms with E-state index in [0.717, 1.165) is 12.7 Å². The molecule has 36 heavy (non-hydrogen) atoms. The summed E-state index contributed by atoms with van der Waals surface area (Å²) in [5.74, 6) is -0.559. The maximum atomic E-state index is 13.4. The molecule has 0 heterocycles. The number of anilines is 1. The number of nitrogens with one attached hydrogen (secondary N) is 1. The van der Waals surface area contributed by atoms with Crippen molar-refractivity contribution < 1.29 is 18.0 Å². The van der Waals surface area contributed by atoms with Gasteiger partial charge >= 0.3 is 0 Å². The van der Waals surface area contributed by atoms with Gasteiger partial charge in [-0.05, 0) is 49.6 Å². The highest BCUT2D eigenvalue weighted by molar-refractivity contribution is 7.92. The van der Waals surface area contributed by atoms with Crippen molar-refractivity contribution in [3.8, 4) is 0 Å². The quantitative estimate of drug-likeness (QED) is 0.340. The minimum absolute atomic E-state index is 0.0201. The maximum Gasteiger partial charge on any atom is 0.242 e. The number of hydrogen-bond donors (Lipinski definition) is 1. The van der Waals surface area contributed by atoms with Crippen molar-refractivity contribution in [1.29, 1.82) is 0 Å². The van der Waals surface area contributed by atoms with Crippen LogP contribution in [0.3, 0.4) is 0 Å². The number of amides is 2. The lowest BCUT2D eigenvalue weighted by molar-refractivity contribution is -0.141. The molecule has 198 valence electrons. The van der Waals surface area contributed by atoms with Crippen LogP contribution in [0.25, 0.3) is 0 Å². The van der Waals surface area contributed by atoms with Crippen LogP contribution in [0, 0.1) is 0 Å². The summed E-state index contributed by atoms with van der Waals surface area (Å²) < 4.78 is 26.1. The molecule has 1 N–H and O–H groups in total. The Balaban J connectivity index is 2.26. The number of nitrogens with zero attached hydrogens (tertiary/aromatic N) is 2. The molecule has 0 radical (unpaired) electrons. The summed E-state index contributed by atoms with van der Waals surface area (Å²) in [5.41, 5.74) is 0.968. The fourth-order valence-electron chi connectivity index (χ4n) is 3.77. The molecule has 2 amide bonds. The van der Waals surface area contributed by atoms with E-state index in [9.17, 15) is 18.0 Å².